The lowest BCUT2D eigenvalue weighted by atomic mass is 10.1. The van der Waals surface area contributed by atoms with Crippen molar-refractivity contribution in [1.29, 1.82) is 0 Å². The summed E-state index contributed by atoms with van der Waals surface area (Å²) in [5.74, 6) is 0.229. The van der Waals surface area contributed by atoms with Crippen molar-refractivity contribution in [3.63, 3.8) is 0 Å². The number of rotatable bonds is 4. The molecule has 1 rings (SSSR count). The van der Waals surface area contributed by atoms with Crippen molar-refractivity contribution in [2.24, 2.45) is 0 Å². The van der Waals surface area contributed by atoms with Gasteiger partial charge in [-0.25, -0.2) is 0 Å². The normalized spacial score (nSPS) is 20.3. The fourth-order valence-corrected chi connectivity index (χ4v) is 1.76. The van der Waals surface area contributed by atoms with Gasteiger partial charge in [0.2, 0.25) is 5.91 Å². The van der Waals surface area contributed by atoms with E-state index in [1.165, 1.54) is 0 Å². The summed E-state index contributed by atoms with van der Waals surface area (Å²) in [7, 11) is 0. The van der Waals surface area contributed by atoms with Crippen molar-refractivity contribution in [3.8, 4) is 0 Å². The molecule has 0 radical (unpaired) electrons. The molecule has 1 aliphatic heterocycles. The molecular formula is C11H22N2O2. The molecule has 0 saturated carbocycles. The van der Waals surface area contributed by atoms with E-state index in [1.807, 2.05) is 25.7 Å². The van der Waals surface area contributed by atoms with Crippen molar-refractivity contribution in [3.05, 3.63) is 0 Å². The van der Waals surface area contributed by atoms with E-state index in [4.69, 9.17) is 4.74 Å². The Morgan fingerprint density at radius 1 is 1.53 bits per heavy atom. The lowest BCUT2D eigenvalue weighted by Gasteiger charge is -2.38. The van der Waals surface area contributed by atoms with Crippen LogP contribution in [0.3, 0.4) is 0 Å². The third-order valence-electron chi connectivity index (χ3n) is 2.54. The lowest BCUT2D eigenvalue weighted by Crippen LogP contribution is -2.50. The van der Waals surface area contributed by atoms with Crippen LogP contribution in [0.5, 0.6) is 0 Å². The van der Waals surface area contributed by atoms with Crippen LogP contribution in [-0.4, -0.2) is 49.2 Å². The molecule has 1 amide bonds. The Hall–Kier alpha value is -0.610. The number of morpholine rings is 1. The first-order valence-corrected chi connectivity index (χ1v) is 5.67. The Balaban J connectivity index is 2.32. The molecule has 0 spiro atoms. The van der Waals surface area contributed by atoms with Gasteiger partial charge in [0.25, 0.3) is 0 Å². The Morgan fingerprint density at radius 3 is 2.87 bits per heavy atom. The molecule has 0 aromatic heterocycles. The molecule has 4 nitrogen and oxygen atoms in total. The van der Waals surface area contributed by atoms with Gasteiger partial charge in [-0.3, -0.25) is 4.79 Å². The van der Waals surface area contributed by atoms with Crippen LogP contribution in [0, 0.1) is 0 Å². The molecule has 1 heterocycles. The lowest BCUT2D eigenvalue weighted by molar-refractivity contribution is -0.145. The molecule has 4 heteroatoms. The van der Waals surface area contributed by atoms with Gasteiger partial charge in [0.15, 0.2) is 0 Å². The maximum Gasteiger partial charge on any atom is 0.224 e. The van der Waals surface area contributed by atoms with Crippen molar-refractivity contribution in [2.45, 2.75) is 32.8 Å². The first-order valence-electron chi connectivity index (χ1n) is 5.67. The second-order valence-electron chi connectivity index (χ2n) is 4.53. The summed E-state index contributed by atoms with van der Waals surface area (Å²) in [5, 5.41) is 3.16. The summed E-state index contributed by atoms with van der Waals surface area (Å²) in [5.41, 5.74) is -0.188. The van der Waals surface area contributed by atoms with Crippen LogP contribution in [0.2, 0.25) is 0 Å². The minimum Gasteiger partial charge on any atom is -0.372 e. The fourth-order valence-electron chi connectivity index (χ4n) is 1.76. The summed E-state index contributed by atoms with van der Waals surface area (Å²) in [6.45, 7) is 9.87. The Kier molecular flexibility index (Phi) is 4.54. The predicted octanol–water partition coefficient (Wildman–Crippen LogP) is 0.623. The van der Waals surface area contributed by atoms with Crippen LogP contribution in [0.1, 0.15) is 27.2 Å². The Morgan fingerprint density at radius 2 is 2.27 bits per heavy atom. The Labute approximate surface area is 92.0 Å². The van der Waals surface area contributed by atoms with Crippen LogP contribution >= 0.6 is 0 Å². The molecule has 15 heavy (non-hydrogen) atoms. The molecule has 0 atom stereocenters. The van der Waals surface area contributed by atoms with Gasteiger partial charge in [-0.2, -0.15) is 0 Å². The van der Waals surface area contributed by atoms with E-state index in [-0.39, 0.29) is 11.5 Å². The smallest absolute Gasteiger partial charge is 0.224 e. The minimum absolute atomic E-state index is 0.188. The zero-order valence-electron chi connectivity index (χ0n) is 10.0. The van der Waals surface area contributed by atoms with Gasteiger partial charge >= 0.3 is 0 Å². The summed E-state index contributed by atoms with van der Waals surface area (Å²) < 4.78 is 5.56. The molecule has 0 aromatic rings. The average molecular weight is 214 g/mol. The zero-order chi connectivity index (χ0) is 11.3. The van der Waals surface area contributed by atoms with Gasteiger partial charge in [-0.15, -0.1) is 0 Å². The third-order valence-corrected chi connectivity index (χ3v) is 2.54. The van der Waals surface area contributed by atoms with E-state index in [0.29, 0.717) is 19.6 Å². The number of nitrogens with zero attached hydrogens (tertiary/aromatic N) is 1. The first kappa shape index (κ1) is 12.5. The van der Waals surface area contributed by atoms with E-state index in [9.17, 15) is 4.79 Å². The molecular weight excluding hydrogens is 192 g/mol. The number of nitrogens with one attached hydrogen (secondary N) is 1. The van der Waals surface area contributed by atoms with E-state index in [1.54, 1.807) is 0 Å². The molecule has 1 N–H and O–H groups in total. The molecule has 0 bridgehead atoms. The SMILES string of the molecule is CCNCCC(=O)N1CCOC(C)(C)C1. The van der Waals surface area contributed by atoms with Crippen LogP contribution in [-0.2, 0) is 9.53 Å². The highest BCUT2D eigenvalue weighted by molar-refractivity contribution is 5.76. The molecule has 0 unspecified atom stereocenters. The molecule has 0 aromatic carbocycles. The van der Waals surface area contributed by atoms with Crippen molar-refractivity contribution < 1.29 is 9.53 Å². The molecule has 1 fully saturated rings. The van der Waals surface area contributed by atoms with Gasteiger partial charge in [0.1, 0.15) is 0 Å². The highest BCUT2D eigenvalue weighted by Crippen LogP contribution is 2.16. The summed E-state index contributed by atoms with van der Waals surface area (Å²) in [4.78, 5) is 13.7. The van der Waals surface area contributed by atoms with Crippen LogP contribution < -0.4 is 5.32 Å². The quantitative estimate of drug-likeness (QED) is 0.698. The van der Waals surface area contributed by atoms with Crippen LogP contribution in [0.4, 0.5) is 0 Å². The zero-order valence-corrected chi connectivity index (χ0v) is 10.0. The topological polar surface area (TPSA) is 41.6 Å². The minimum atomic E-state index is -0.188. The molecule has 0 aliphatic carbocycles. The third kappa shape index (κ3) is 4.18. The maximum absolute atomic E-state index is 11.8. The van der Waals surface area contributed by atoms with Crippen molar-refractivity contribution >= 4 is 5.91 Å². The Bertz CT molecular complexity index is 217. The van der Waals surface area contributed by atoms with Crippen molar-refractivity contribution in [1.82, 2.24) is 10.2 Å². The highest BCUT2D eigenvalue weighted by Gasteiger charge is 2.29. The largest absolute Gasteiger partial charge is 0.372 e. The maximum atomic E-state index is 11.8. The van der Waals surface area contributed by atoms with Crippen LogP contribution in [0.25, 0.3) is 0 Å². The van der Waals surface area contributed by atoms with Gasteiger partial charge in [-0.1, -0.05) is 6.92 Å². The number of hydrogen-bond donors (Lipinski definition) is 1. The second kappa shape index (κ2) is 5.47. The van der Waals surface area contributed by atoms with Gasteiger partial charge in [0, 0.05) is 26.1 Å². The monoisotopic (exact) mass is 214 g/mol. The molecule has 1 aliphatic rings. The van der Waals surface area contributed by atoms with E-state index in [2.05, 4.69) is 5.32 Å². The van der Waals surface area contributed by atoms with Gasteiger partial charge in [-0.05, 0) is 20.4 Å². The second-order valence-corrected chi connectivity index (χ2v) is 4.53. The average Bonchev–Trinajstić information content (AvgIpc) is 2.16. The first-order chi connectivity index (χ1) is 7.05. The molecule has 88 valence electrons. The summed E-state index contributed by atoms with van der Waals surface area (Å²) in [6, 6.07) is 0. The fraction of sp³-hybridized carbons (Fsp3) is 0.909. The predicted molar refractivity (Wildman–Crippen MR) is 59.8 cm³/mol. The van der Waals surface area contributed by atoms with E-state index in [0.717, 1.165) is 19.6 Å². The van der Waals surface area contributed by atoms with E-state index < -0.39 is 0 Å². The summed E-state index contributed by atoms with van der Waals surface area (Å²) in [6.07, 6.45) is 0.587. The number of amides is 1. The van der Waals surface area contributed by atoms with Crippen molar-refractivity contribution in [2.75, 3.05) is 32.8 Å². The summed E-state index contributed by atoms with van der Waals surface area (Å²) >= 11 is 0. The number of carbonyl (C=O) groups is 1. The van der Waals surface area contributed by atoms with E-state index >= 15 is 0 Å². The van der Waals surface area contributed by atoms with Crippen LogP contribution in [0.15, 0.2) is 0 Å². The standard InChI is InChI=1S/C11H22N2O2/c1-4-12-6-5-10(14)13-7-8-15-11(2,3)9-13/h12H,4-9H2,1-3H3. The number of ether oxygens (including phenoxy) is 1. The number of hydrogen-bond acceptors (Lipinski definition) is 3. The highest BCUT2D eigenvalue weighted by atomic mass is 16.5. The van der Waals surface area contributed by atoms with Gasteiger partial charge in [0.05, 0.1) is 12.2 Å². The molecule has 1 saturated heterocycles. The number of carbonyl (C=O) groups excluding carboxylic acids is 1. The van der Waals surface area contributed by atoms with Gasteiger partial charge < -0.3 is 15.0 Å².